The summed E-state index contributed by atoms with van der Waals surface area (Å²) >= 11 is 0. The number of amidine groups is 2. The number of ether oxygens (including phenoxy) is 2. The fraction of sp³-hybridized carbons (Fsp3) is 0.333. The third kappa shape index (κ3) is 8.60. The predicted molar refractivity (Wildman–Crippen MR) is 216 cm³/mol. The van der Waals surface area contributed by atoms with Gasteiger partial charge in [0.25, 0.3) is 23.6 Å². The summed E-state index contributed by atoms with van der Waals surface area (Å²) in [7, 11) is 7.20. The molecule has 2 fully saturated rings. The van der Waals surface area contributed by atoms with Crippen molar-refractivity contribution in [2.45, 2.75) is 0 Å². The van der Waals surface area contributed by atoms with Crippen molar-refractivity contribution in [3.8, 4) is 11.5 Å². The van der Waals surface area contributed by atoms with Crippen molar-refractivity contribution in [2.75, 3.05) is 93.8 Å². The molecule has 0 atom stereocenters. The molecule has 0 radical (unpaired) electrons. The molecule has 0 unspecified atom stereocenters. The van der Waals surface area contributed by atoms with E-state index < -0.39 is 0 Å². The molecule has 2 aromatic heterocycles. The van der Waals surface area contributed by atoms with Crippen molar-refractivity contribution in [3.05, 3.63) is 95.4 Å². The molecule has 4 amide bonds. The van der Waals surface area contributed by atoms with Crippen LogP contribution in [0.3, 0.4) is 0 Å². The lowest BCUT2D eigenvalue weighted by Gasteiger charge is -2.34. The van der Waals surface area contributed by atoms with Crippen molar-refractivity contribution < 1.29 is 37.5 Å². The Morgan fingerprint density at radius 3 is 1.22 bits per heavy atom. The molecule has 3 aromatic carbocycles. The van der Waals surface area contributed by atoms with Gasteiger partial charge in [0, 0.05) is 102 Å². The molecular weight excluding hydrogens is 745 g/mol. The van der Waals surface area contributed by atoms with Gasteiger partial charge in [-0.1, -0.05) is 0 Å². The van der Waals surface area contributed by atoms with Gasteiger partial charge in [-0.2, -0.15) is 0 Å². The third-order valence-corrected chi connectivity index (χ3v) is 10.3. The van der Waals surface area contributed by atoms with Crippen LogP contribution >= 0.6 is 0 Å². The molecule has 2 aliphatic heterocycles. The molecule has 16 nitrogen and oxygen atoms in total. The summed E-state index contributed by atoms with van der Waals surface area (Å²) in [5, 5.41) is 17.9. The van der Waals surface area contributed by atoms with Crippen molar-refractivity contribution >= 4 is 57.2 Å². The fourth-order valence-corrected chi connectivity index (χ4v) is 6.84. The molecule has 2 aliphatic rings. The van der Waals surface area contributed by atoms with E-state index in [1.165, 1.54) is 0 Å². The van der Waals surface area contributed by atoms with E-state index in [0.717, 1.165) is 21.9 Å². The summed E-state index contributed by atoms with van der Waals surface area (Å²) in [6, 6.07) is 20.8. The zero-order chi connectivity index (χ0) is 41.1. The molecule has 4 heterocycles. The molecule has 302 valence electrons. The van der Waals surface area contributed by atoms with Gasteiger partial charge < -0.3 is 47.7 Å². The van der Waals surface area contributed by atoms with Crippen molar-refractivity contribution in [1.29, 1.82) is 10.8 Å². The lowest BCUT2D eigenvalue weighted by molar-refractivity contribution is -0.135. The van der Waals surface area contributed by atoms with Gasteiger partial charge in [0.2, 0.25) is 0 Å². The Morgan fingerprint density at radius 1 is 0.534 bits per heavy atom. The molecule has 0 aliphatic carbocycles. The first kappa shape index (κ1) is 39.4. The Bertz CT molecular complexity index is 2200. The highest BCUT2D eigenvalue weighted by Crippen LogP contribution is 2.25. The van der Waals surface area contributed by atoms with Gasteiger partial charge >= 0.3 is 0 Å². The number of piperazine rings is 2. The molecule has 58 heavy (non-hydrogen) atoms. The minimum Gasteiger partial charge on any atom is -0.484 e. The molecule has 0 bridgehead atoms. The maximum absolute atomic E-state index is 13.2. The Hall–Kier alpha value is -6.84. The van der Waals surface area contributed by atoms with E-state index in [1.54, 1.807) is 118 Å². The molecule has 7 rings (SSSR count). The summed E-state index contributed by atoms with van der Waals surface area (Å²) in [5.74, 6) is 1.18. The van der Waals surface area contributed by atoms with Crippen molar-refractivity contribution in [3.63, 3.8) is 0 Å². The number of hydrogen-bond donors (Lipinski definition) is 2. The van der Waals surface area contributed by atoms with Crippen molar-refractivity contribution in [1.82, 2.24) is 29.4 Å². The SMILES string of the molecule is CN(C)C(=N)c1ccc2oc(C(=O)N3CCN(C(=O)COc4ccc(OCC(=O)N5CCN(C(=O)c6cc7cc(C(=N)N(C)C)ccc7o6)CC5)cc4)CC3)cc2c1. The highest BCUT2D eigenvalue weighted by Gasteiger charge is 2.29. The molecule has 0 saturated carbocycles. The van der Waals surface area contributed by atoms with E-state index in [1.807, 2.05) is 12.1 Å². The molecule has 16 heteroatoms. The molecule has 5 aromatic rings. The predicted octanol–water partition coefficient (Wildman–Crippen LogP) is 3.68. The number of nitrogens with zero attached hydrogens (tertiary/aromatic N) is 6. The second kappa shape index (κ2) is 16.7. The van der Waals surface area contributed by atoms with Crippen LogP contribution in [0.25, 0.3) is 21.9 Å². The van der Waals surface area contributed by atoms with Gasteiger partial charge in [0.1, 0.15) is 34.3 Å². The van der Waals surface area contributed by atoms with E-state index in [0.29, 0.717) is 86.7 Å². The number of fused-ring (bicyclic) bond motifs is 2. The van der Waals surface area contributed by atoms with Gasteiger partial charge in [-0.25, -0.2) is 0 Å². The number of carbonyl (C=O) groups is 4. The van der Waals surface area contributed by atoms with E-state index in [9.17, 15) is 19.2 Å². The standard InChI is InChI=1S/C42H46N8O8/c1-45(2)39(43)27-5-11-33-29(21-27)23-35(57-33)41(53)49-17-13-47(14-18-49)37(51)25-55-31-7-9-32(10-8-31)56-26-38(52)48-15-19-50(20-16-48)42(54)36-24-30-22-28(40(44)46(3)4)6-12-34(30)58-36/h5-12,21-24,43-44H,13-20,25-26H2,1-4H3. The average Bonchev–Trinajstić information content (AvgIpc) is 3.88. The lowest BCUT2D eigenvalue weighted by Crippen LogP contribution is -2.51. The van der Waals surface area contributed by atoms with Crippen LogP contribution in [0.5, 0.6) is 11.5 Å². The highest BCUT2D eigenvalue weighted by atomic mass is 16.5. The topological polar surface area (TPSA) is 180 Å². The van der Waals surface area contributed by atoms with Crippen LogP contribution in [-0.2, 0) is 9.59 Å². The Balaban J connectivity index is 0.813. The number of rotatable bonds is 10. The Labute approximate surface area is 335 Å². The first-order valence-corrected chi connectivity index (χ1v) is 18.9. The van der Waals surface area contributed by atoms with Crippen LogP contribution in [0.1, 0.15) is 32.2 Å². The second-order valence-corrected chi connectivity index (χ2v) is 14.6. The van der Waals surface area contributed by atoms with E-state index in [2.05, 4.69) is 0 Å². The van der Waals surface area contributed by atoms with Gasteiger partial charge in [0.05, 0.1) is 0 Å². The summed E-state index contributed by atoms with van der Waals surface area (Å²) in [6.07, 6.45) is 0. The van der Waals surface area contributed by atoms with Crippen molar-refractivity contribution in [2.24, 2.45) is 0 Å². The summed E-state index contributed by atoms with van der Waals surface area (Å²) in [6.45, 7) is 2.50. The molecule has 2 saturated heterocycles. The molecule has 2 N–H and O–H groups in total. The van der Waals surface area contributed by atoms with Gasteiger partial charge in [-0.05, 0) is 72.8 Å². The molecule has 0 spiro atoms. The molecular formula is C42H46N8O8. The van der Waals surface area contributed by atoms with Crippen LogP contribution in [0.4, 0.5) is 0 Å². The summed E-state index contributed by atoms with van der Waals surface area (Å²) in [4.78, 5) is 62.4. The van der Waals surface area contributed by atoms with Crippen LogP contribution < -0.4 is 9.47 Å². The number of nitrogens with one attached hydrogen (secondary N) is 2. The lowest BCUT2D eigenvalue weighted by atomic mass is 10.1. The fourth-order valence-electron chi connectivity index (χ4n) is 6.84. The van der Waals surface area contributed by atoms with Gasteiger partial charge in [0.15, 0.2) is 24.7 Å². The number of carbonyl (C=O) groups excluding carboxylic acids is 4. The van der Waals surface area contributed by atoms with Gasteiger partial charge in [-0.15, -0.1) is 0 Å². The number of furan rings is 2. The van der Waals surface area contributed by atoms with E-state index >= 15 is 0 Å². The summed E-state index contributed by atoms with van der Waals surface area (Å²) in [5.41, 5.74) is 2.58. The minimum atomic E-state index is -0.249. The van der Waals surface area contributed by atoms with Crippen LogP contribution in [0.2, 0.25) is 0 Å². The number of benzene rings is 3. The highest BCUT2D eigenvalue weighted by molar-refractivity contribution is 6.02. The first-order valence-electron chi connectivity index (χ1n) is 18.9. The smallest absolute Gasteiger partial charge is 0.289 e. The van der Waals surface area contributed by atoms with Crippen LogP contribution in [0, 0.1) is 10.8 Å². The zero-order valence-electron chi connectivity index (χ0n) is 32.9. The van der Waals surface area contributed by atoms with E-state index in [4.69, 9.17) is 29.1 Å². The second-order valence-electron chi connectivity index (χ2n) is 14.6. The largest absolute Gasteiger partial charge is 0.484 e. The minimum absolute atomic E-state index is 0.172. The van der Waals surface area contributed by atoms with Crippen LogP contribution in [0.15, 0.2) is 81.6 Å². The van der Waals surface area contributed by atoms with Gasteiger partial charge in [-0.3, -0.25) is 30.0 Å². The quantitative estimate of drug-likeness (QED) is 0.157. The monoisotopic (exact) mass is 790 g/mol. The zero-order valence-corrected chi connectivity index (χ0v) is 32.9. The number of amides is 4. The Morgan fingerprint density at radius 2 is 0.879 bits per heavy atom. The van der Waals surface area contributed by atoms with E-state index in [-0.39, 0.29) is 48.4 Å². The summed E-state index contributed by atoms with van der Waals surface area (Å²) < 4.78 is 23.1. The maximum Gasteiger partial charge on any atom is 0.289 e. The number of hydrogen-bond acceptors (Lipinski definition) is 10. The normalized spacial score (nSPS) is 14.4. The first-order chi connectivity index (χ1) is 27.8. The Kier molecular flexibility index (Phi) is 11.4. The third-order valence-electron chi connectivity index (χ3n) is 10.3. The van der Waals surface area contributed by atoms with Crippen LogP contribution in [-0.4, -0.2) is 158 Å². The average molecular weight is 791 g/mol. The maximum atomic E-state index is 13.2.